The molecule has 6 nitrogen and oxygen atoms in total. The van der Waals surface area contributed by atoms with Gasteiger partial charge in [-0.05, 0) is 44.9 Å². The van der Waals surface area contributed by atoms with E-state index in [1.54, 1.807) is 36.1 Å². The molecule has 0 N–H and O–H groups in total. The van der Waals surface area contributed by atoms with Gasteiger partial charge in [-0.25, -0.2) is 0 Å². The number of carbonyl (C=O) groups excluding carboxylic acids is 1. The third-order valence-electron chi connectivity index (χ3n) is 4.13. The van der Waals surface area contributed by atoms with Gasteiger partial charge in [0.25, 0.3) is 5.91 Å². The fourth-order valence-corrected chi connectivity index (χ4v) is 2.99. The van der Waals surface area contributed by atoms with Gasteiger partial charge in [0.2, 0.25) is 0 Å². The summed E-state index contributed by atoms with van der Waals surface area (Å²) in [5.74, 6) is 1.15. The Morgan fingerprint density at radius 3 is 3.04 bits per heavy atom. The van der Waals surface area contributed by atoms with Gasteiger partial charge >= 0.3 is 0 Å². The standard InChI is InChI=1S/C18H19N3O3/c1-12-9-17(24-20-12)16-7-4-8-21(16)18(22)13(2)23-15-6-3-5-14(10-15)11-19/h3,5-6,9-10,13,16H,4,7-8H2,1-2H3. The van der Waals surface area contributed by atoms with Gasteiger partial charge < -0.3 is 14.2 Å². The van der Waals surface area contributed by atoms with Crippen LogP contribution in [0.5, 0.6) is 5.75 Å². The molecule has 0 radical (unpaired) electrons. The van der Waals surface area contributed by atoms with Crippen LogP contribution in [0.25, 0.3) is 0 Å². The lowest BCUT2D eigenvalue weighted by atomic mass is 10.1. The highest BCUT2D eigenvalue weighted by atomic mass is 16.5. The average molecular weight is 325 g/mol. The van der Waals surface area contributed by atoms with Crippen LogP contribution in [0.1, 0.15) is 42.8 Å². The average Bonchev–Trinajstić information content (AvgIpc) is 3.22. The molecule has 2 heterocycles. The van der Waals surface area contributed by atoms with E-state index >= 15 is 0 Å². The van der Waals surface area contributed by atoms with E-state index in [9.17, 15) is 4.79 Å². The van der Waals surface area contributed by atoms with Crippen molar-refractivity contribution >= 4 is 5.91 Å². The summed E-state index contributed by atoms with van der Waals surface area (Å²) in [7, 11) is 0. The lowest BCUT2D eigenvalue weighted by Gasteiger charge is -2.26. The van der Waals surface area contributed by atoms with E-state index in [0.29, 0.717) is 17.9 Å². The van der Waals surface area contributed by atoms with E-state index in [2.05, 4.69) is 11.2 Å². The molecule has 1 saturated heterocycles. The normalized spacial score (nSPS) is 18.2. The highest BCUT2D eigenvalue weighted by molar-refractivity contribution is 5.81. The second-order valence-electron chi connectivity index (χ2n) is 5.96. The van der Waals surface area contributed by atoms with Gasteiger partial charge in [-0.2, -0.15) is 5.26 Å². The number of carbonyl (C=O) groups is 1. The topological polar surface area (TPSA) is 79.4 Å². The molecule has 2 atom stereocenters. The van der Waals surface area contributed by atoms with Crippen molar-refractivity contribution < 1.29 is 14.1 Å². The largest absolute Gasteiger partial charge is 0.481 e. The van der Waals surface area contributed by atoms with Crippen LogP contribution in [0.3, 0.4) is 0 Å². The van der Waals surface area contributed by atoms with Crippen molar-refractivity contribution in [1.82, 2.24) is 10.1 Å². The van der Waals surface area contributed by atoms with Crippen molar-refractivity contribution in [1.29, 1.82) is 5.26 Å². The zero-order valence-corrected chi connectivity index (χ0v) is 13.7. The molecular formula is C18H19N3O3. The van der Waals surface area contributed by atoms with Crippen LogP contribution in [-0.4, -0.2) is 28.6 Å². The number of amides is 1. The van der Waals surface area contributed by atoms with Gasteiger partial charge in [-0.3, -0.25) is 4.79 Å². The number of aryl methyl sites for hydroxylation is 1. The molecule has 24 heavy (non-hydrogen) atoms. The maximum absolute atomic E-state index is 12.8. The second-order valence-corrected chi connectivity index (χ2v) is 5.96. The van der Waals surface area contributed by atoms with Gasteiger partial charge in [-0.1, -0.05) is 11.2 Å². The summed E-state index contributed by atoms with van der Waals surface area (Å²) in [5.41, 5.74) is 1.31. The molecule has 0 saturated carbocycles. The summed E-state index contributed by atoms with van der Waals surface area (Å²) in [6.07, 6.45) is 1.15. The quantitative estimate of drug-likeness (QED) is 0.863. The summed E-state index contributed by atoms with van der Waals surface area (Å²) >= 11 is 0. The lowest BCUT2D eigenvalue weighted by Crippen LogP contribution is -2.40. The Hall–Kier alpha value is -2.81. The molecule has 0 aliphatic carbocycles. The molecule has 0 spiro atoms. The van der Waals surface area contributed by atoms with Crippen LogP contribution in [0.4, 0.5) is 0 Å². The molecular weight excluding hydrogens is 306 g/mol. The summed E-state index contributed by atoms with van der Waals surface area (Å²) < 4.78 is 11.1. The van der Waals surface area contributed by atoms with Crippen molar-refractivity contribution in [2.24, 2.45) is 0 Å². The van der Waals surface area contributed by atoms with Crippen molar-refractivity contribution in [3.8, 4) is 11.8 Å². The van der Waals surface area contributed by atoms with Crippen molar-refractivity contribution in [2.75, 3.05) is 6.54 Å². The van der Waals surface area contributed by atoms with Crippen LogP contribution < -0.4 is 4.74 Å². The van der Waals surface area contributed by atoms with E-state index < -0.39 is 6.10 Å². The zero-order valence-electron chi connectivity index (χ0n) is 13.7. The SMILES string of the molecule is Cc1cc(C2CCCN2C(=O)C(C)Oc2cccc(C#N)c2)on1. The molecule has 1 aliphatic heterocycles. The Morgan fingerprint density at radius 2 is 2.33 bits per heavy atom. The van der Waals surface area contributed by atoms with Crippen LogP contribution in [0.2, 0.25) is 0 Å². The van der Waals surface area contributed by atoms with Gasteiger partial charge in [0.05, 0.1) is 23.4 Å². The molecule has 1 aromatic heterocycles. The van der Waals surface area contributed by atoms with Gasteiger partial charge in [0.1, 0.15) is 5.75 Å². The maximum Gasteiger partial charge on any atom is 0.263 e. The molecule has 3 rings (SSSR count). The Labute approximate surface area is 140 Å². The first-order valence-corrected chi connectivity index (χ1v) is 7.99. The Balaban J connectivity index is 1.71. The van der Waals surface area contributed by atoms with Gasteiger partial charge in [-0.15, -0.1) is 0 Å². The Kier molecular flexibility index (Phi) is 4.52. The van der Waals surface area contributed by atoms with E-state index in [4.69, 9.17) is 14.5 Å². The Morgan fingerprint density at radius 1 is 1.50 bits per heavy atom. The van der Waals surface area contributed by atoms with E-state index in [-0.39, 0.29) is 11.9 Å². The molecule has 1 aromatic carbocycles. The smallest absolute Gasteiger partial charge is 0.263 e. The molecule has 1 amide bonds. The highest BCUT2D eigenvalue weighted by Crippen LogP contribution is 2.33. The number of nitrogens with zero attached hydrogens (tertiary/aromatic N) is 3. The number of nitriles is 1. The minimum atomic E-state index is -0.636. The third-order valence-corrected chi connectivity index (χ3v) is 4.13. The molecule has 6 heteroatoms. The van der Waals surface area contributed by atoms with Crippen molar-refractivity contribution in [2.45, 2.75) is 38.8 Å². The molecule has 124 valence electrons. The number of hydrogen-bond donors (Lipinski definition) is 0. The fourth-order valence-electron chi connectivity index (χ4n) is 2.99. The number of rotatable bonds is 4. The number of aromatic nitrogens is 1. The monoisotopic (exact) mass is 325 g/mol. The number of likely N-dealkylation sites (tertiary alicyclic amines) is 1. The van der Waals surface area contributed by atoms with Crippen molar-refractivity contribution in [3.63, 3.8) is 0 Å². The lowest BCUT2D eigenvalue weighted by molar-refractivity contribution is -0.139. The predicted octanol–water partition coefficient (Wildman–Crippen LogP) is 2.99. The third kappa shape index (κ3) is 3.25. The summed E-state index contributed by atoms with van der Waals surface area (Å²) in [4.78, 5) is 14.6. The van der Waals surface area contributed by atoms with E-state index in [1.807, 2.05) is 13.0 Å². The zero-order chi connectivity index (χ0) is 17.1. The van der Waals surface area contributed by atoms with Crippen molar-refractivity contribution in [3.05, 3.63) is 47.3 Å². The first-order chi connectivity index (χ1) is 11.6. The molecule has 1 aliphatic rings. The molecule has 2 unspecified atom stereocenters. The summed E-state index contributed by atoms with van der Waals surface area (Å²) in [6, 6.07) is 10.7. The van der Waals surface area contributed by atoms with Gasteiger partial charge in [0.15, 0.2) is 11.9 Å². The first kappa shape index (κ1) is 16.1. The summed E-state index contributed by atoms with van der Waals surface area (Å²) in [6.45, 7) is 4.26. The predicted molar refractivity (Wildman–Crippen MR) is 86.2 cm³/mol. The Bertz CT molecular complexity index is 778. The molecule has 1 fully saturated rings. The van der Waals surface area contributed by atoms with Crippen LogP contribution >= 0.6 is 0 Å². The minimum Gasteiger partial charge on any atom is -0.481 e. The number of hydrogen-bond acceptors (Lipinski definition) is 5. The van der Waals surface area contributed by atoms with Crippen LogP contribution in [0.15, 0.2) is 34.9 Å². The van der Waals surface area contributed by atoms with Crippen LogP contribution in [-0.2, 0) is 4.79 Å². The van der Waals surface area contributed by atoms with Gasteiger partial charge in [0, 0.05) is 12.6 Å². The summed E-state index contributed by atoms with van der Waals surface area (Å²) in [5, 5.41) is 12.9. The fraction of sp³-hybridized carbons (Fsp3) is 0.389. The highest BCUT2D eigenvalue weighted by Gasteiger charge is 2.35. The molecule has 2 aromatic rings. The van der Waals surface area contributed by atoms with E-state index in [1.165, 1.54) is 0 Å². The second kappa shape index (κ2) is 6.75. The first-order valence-electron chi connectivity index (χ1n) is 7.99. The number of ether oxygens (including phenoxy) is 1. The molecule has 0 bridgehead atoms. The maximum atomic E-state index is 12.8. The minimum absolute atomic E-state index is 0.0878. The van der Waals surface area contributed by atoms with Crippen LogP contribution in [0, 0.1) is 18.3 Å². The number of benzene rings is 1. The van der Waals surface area contributed by atoms with E-state index in [0.717, 1.165) is 24.3 Å².